The number of rotatable bonds is 4. The topological polar surface area (TPSA) is 68.2 Å². The average molecular weight is 233 g/mol. The first-order chi connectivity index (χ1) is 8.06. The molecule has 0 fully saturated rings. The van der Waals surface area contributed by atoms with Gasteiger partial charge in [0.25, 0.3) is 0 Å². The first-order valence-corrected chi connectivity index (χ1v) is 5.89. The van der Waals surface area contributed by atoms with E-state index in [0.29, 0.717) is 18.4 Å². The number of hydrogen-bond donors (Lipinski definition) is 2. The zero-order valence-corrected chi connectivity index (χ0v) is 10.5. The Labute approximate surface area is 101 Å². The predicted octanol–water partition coefficient (Wildman–Crippen LogP) is 1.43. The maximum Gasteiger partial charge on any atom is 0.243 e. The third-order valence-corrected chi connectivity index (χ3v) is 2.83. The molecule has 0 aromatic carbocycles. The smallest absolute Gasteiger partial charge is 0.243 e. The lowest BCUT2D eigenvalue weighted by Crippen LogP contribution is -2.34. The highest BCUT2D eigenvalue weighted by Gasteiger charge is 2.09. The Hall–Kier alpha value is -1.62. The van der Waals surface area contributed by atoms with E-state index in [1.165, 1.54) is 0 Å². The van der Waals surface area contributed by atoms with Crippen LogP contribution in [0.2, 0.25) is 0 Å². The second kappa shape index (κ2) is 4.71. The monoisotopic (exact) mass is 233 g/mol. The van der Waals surface area contributed by atoms with Gasteiger partial charge < -0.3 is 11.1 Å². The minimum absolute atomic E-state index is 0.114. The second-order valence-electron chi connectivity index (χ2n) is 4.73. The van der Waals surface area contributed by atoms with Gasteiger partial charge in [-0.15, -0.1) is 5.10 Å². The molecular weight excluding hydrogens is 214 g/mol. The van der Waals surface area contributed by atoms with E-state index < -0.39 is 0 Å². The summed E-state index contributed by atoms with van der Waals surface area (Å²) in [4.78, 5) is 4.37. The largest absolute Gasteiger partial charge is 0.351 e. The number of pyridine rings is 1. The number of nitrogens with zero attached hydrogens (tertiary/aromatic N) is 3. The van der Waals surface area contributed by atoms with Gasteiger partial charge in [0.1, 0.15) is 0 Å². The van der Waals surface area contributed by atoms with E-state index in [4.69, 9.17) is 5.73 Å². The van der Waals surface area contributed by atoms with E-state index in [-0.39, 0.29) is 6.04 Å². The van der Waals surface area contributed by atoms with Crippen LogP contribution in [0, 0.1) is 12.8 Å². The van der Waals surface area contributed by atoms with E-state index in [9.17, 15) is 0 Å². The number of nitrogens with one attached hydrogen (secondary N) is 1. The molecule has 0 spiro atoms. The van der Waals surface area contributed by atoms with E-state index in [0.717, 1.165) is 11.2 Å². The molecule has 0 amide bonds. The van der Waals surface area contributed by atoms with Gasteiger partial charge >= 0.3 is 0 Å². The van der Waals surface area contributed by atoms with Crippen molar-refractivity contribution in [3.63, 3.8) is 0 Å². The Balaban J connectivity index is 2.09. The fourth-order valence-electron chi connectivity index (χ4n) is 1.51. The molecule has 2 aromatic rings. The Kier molecular flexibility index (Phi) is 3.28. The third-order valence-electron chi connectivity index (χ3n) is 2.83. The molecule has 3 N–H and O–H groups in total. The number of anilines is 1. The highest BCUT2D eigenvalue weighted by Crippen LogP contribution is 2.07. The Morgan fingerprint density at radius 2 is 2.18 bits per heavy atom. The molecule has 1 unspecified atom stereocenters. The first-order valence-electron chi connectivity index (χ1n) is 5.89. The molecule has 17 heavy (non-hydrogen) atoms. The van der Waals surface area contributed by atoms with Gasteiger partial charge in [-0.25, -0.2) is 4.52 Å². The summed E-state index contributed by atoms with van der Waals surface area (Å²) in [5.41, 5.74) is 7.96. The molecule has 2 heterocycles. The zero-order chi connectivity index (χ0) is 12.4. The highest BCUT2D eigenvalue weighted by atomic mass is 15.3. The minimum Gasteiger partial charge on any atom is -0.351 e. The Bertz CT molecular complexity index is 503. The van der Waals surface area contributed by atoms with E-state index in [1.807, 2.05) is 25.3 Å². The van der Waals surface area contributed by atoms with Crippen LogP contribution in [0.1, 0.15) is 19.4 Å². The highest BCUT2D eigenvalue weighted by molar-refractivity contribution is 5.44. The first kappa shape index (κ1) is 11.9. The fraction of sp³-hybridized carbons (Fsp3) is 0.500. The lowest BCUT2D eigenvalue weighted by molar-refractivity contribution is 0.510. The van der Waals surface area contributed by atoms with Crippen molar-refractivity contribution in [3.05, 3.63) is 23.9 Å². The molecule has 92 valence electrons. The molecule has 5 heteroatoms. The summed E-state index contributed by atoms with van der Waals surface area (Å²) >= 11 is 0. The van der Waals surface area contributed by atoms with Gasteiger partial charge in [-0.2, -0.15) is 4.98 Å². The van der Waals surface area contributed by atoms with Gasteiger partial charge in [0.2, 0.25) is 5.95 Å². The second-order valence-corrected chi connectivity index (χ2v) is 4.73. The summed E-state index contributed by atoms with van der Waals surface area (Å²) in [6.07, 6.45) is 1.95. The lowest BCUT2D eigenvalue weighted by atomic mass is 10.1. The summed E-state index contributed by atoms with van der Waals surface area (Å²) in [5, 5.41) is 7.51. The molecule has 0 aliphatic carbocycles. The fourth-order valence-corrected chi connectivity index (χ4v) is 1.51. The zero-order valence-electron chi connectivity index (χ0n) is 10.5. The molecular formula is C12H19N5. The molecule has 0 aliphatic rings. The van der Waals surface area contributed by atoms with Gasteiger partial charge in [0.15, 0.2) is 5.65 Å². The van der Waals surface area contributed by atoms with Crippen LogP contribution in [0.3, 0.4) is 0 Å². The SMILES string of the molecule is Cc1ccc2nc(NCC(N)C(C)C)nn2c1. The average Bonchev–Trinajstić information content (AvgIpc) is 2.67. The van der Waals surface area contributed by atoms with Gasteiger partial charge in [0, 0.05) is 18.8 Å². The van der Waals surface area contributed by atoms with Crippen molar-refractivity contribution < 1.29 is 0 Å². The van der Waals surface area contributed by atoms with Crippen molar-refractivity contribution >= 4 is 11.6 Å². The van der Waals surface area contributed by atoms with Crippen molar-refractivity contribution in [1.29, 1.82) is 0 Å². The number of nitrogens with two attached hydrogens (primary N) is 1. The van der Waals surface area contributed by atoms with E-state index >= 15 is 0 Å². The maximum atomic E-state index is 5.96. The van der Waals surface area contributed by atoms with Crippen molar-refractivity contribution in [2.45, 2.75) is 26.8 Å². The maximum absolute atomic E-state index is 5.96. The molecule has 0 radical (unpaired) electrons. The van der Waals surface area contributed by atoms with Crippen LogP contribution in [0.4, 0.5) is 5.95 Å². The van der Waals surface area contributed by atoms with Crippen molar-refractivity contribution in [2.24, 2.45) is 11.7 Å². The van der Waals surface area contributed by atoms with Gasteiger partial charge in [-0.05, 0) is 24.5 Å². The summed E-state index contributed by atoms with van der Waals surface area (Å²) < 4.78 is 1.78. The lowest BCUT2D eigenvalue weighted by Gasteiger charge is -2.14. The molecule has 0 aliphatic heterocycles. The van der Waals surface area contributed by atoms with Gasteiger partial charge in [-0.1, -0.05) is 19.9 Å². The van der Waals surface area contributed by atoms with Crippen molar-refractivity contribution in [3.8, 4) is 0 Å². The van der Waals surface area contributed by atoms with E-state index in [1.54, 1.807) is 4.52 Å². The van der Waals surface area contributed by atoms with Crippen molar-refractivity contribution in [1.82, 2.24) is 14.6 Å². The van der Waals surface area contributed by atoms with Crippen LogP contribution in [-0.2, 0) is 0 Å². The quantitative estimate of drug-likeness (QED) is 0.838. The molecule has 2 rings (SSSR count). The van der Waals surface area contributed by atoms with E-state index in [2.05, 4.69) is 29.2 Å². The van der Waals surface area contributed by atoms with Gasteiger partial charge in [-0.3, -0.25) is 0 Å². The summed E-state index contributed by atoms with van der Waals surface area (Å²) in [7, 11) is 0. The number of hydrogen-bond acceptors (Lipinski definition) is 4. The molecule has 0 saturated heterocycles. The minimum atomic E-state index is 0.114. The molecule has 5 nitrogen and oxygen atoms in total. The van der Waals surface area contributed by atoms with Crippen LogP contribution < -0.4 is 11.1 Å². The molecule has 2 aromatic heterocycles. The summed E-state index contributed by atoms with van der Waals surface area (Å²) in [6, 6.07) is 4.09. The summed E-state index contributed by atoms with van der Waals surface area (Å²) in [6.45, 7) is 6.93. The van der Waals surface area contributed by atoms with Crippen LogP contribution in [-0.4, -0.2) is 27.2 Å². The number of aromatic nitrogens is 3. The molecule has 0 bridgehead atoms. The molecule has 1 atom stereocenters. The summed E-state index contributed by atoms with van der Waals surface area (Å²) in [5.74, 6) is 1.08. The number of aryl methyl sites for hydroxylation is 1. The Morgan fingerprint density at radius 1 is 1.41 bits per heavy atom. The van der Waals surface area contributed by atoms with Gasteiger partial charge in [0.05, 0.1) is 0 Å². The Morgan fingerprint density at radius 3 is 2.88 bits per heavy atom. The van der Waals surface area contributed by atoms with Crippen LogP contribution in [0.15, 0.2) is 18.3 Å². The third kappa shape index (κ3) is 2.74. The van der Waals surface area contributed by atoms with Crippen LogP contribution in [0.25, 0.3) is 5.65 Å². The standard InChI is InChI=1S/C12H19N5/c1-8(2)10(13)6-14-12-15-11-5-4-9(3)7-17(11)16-12/h4-5,7-8,10H,6,13H2,1-3H3,(H,14,16). The number of fused-ring (bicyclic) bond motifs is 1. The van der Waals surface area contributed by atoms with Crippen molar-refractivity contribution in [2.75, 3.05) is 11.9 Å². The van der Waals surface area contributed by atoms with Crippen LogP contribution in [0.5, 0.6) is 0 Å². The predicted molar refractivity (Wildman–Crippen MR) is 69.0 cm³/mol. The molecule has 0 saturated carbocycles. The normalized spacial score (nSPS) is 13.2. The van der Waals surface area contributed by atoms with Crippen LogP contribution >= 0.6 is 0 Å².